The highest BCUT2D eigenvalue weighted by molar-refractivity contribution is 6.33. The molecular formula is C15H26ClN3. The van der Waals surface area contributed by atoms with E-state index in [1.54, 1.807) is 0 Å². The molecule has 3 nitrogen and oxygen atoms in total. The van der Waals surface area contributed by atoms with Gasteiger partial charge in [0.15, 0.2) is 0 Å². The Labute approximate surface area is 122 Å². The summed E-state index contributed by atoms with van der Waals surface area (Å²) in [6.45, 7) is 12.5. The van der Waals surface area contributed by atoms with Crippen LogP contribution in [0.2, 0.25) is 5.02 Å². The van der Waals surface area contributed by atoms with Gasteiger partial charge in [-0.25, -0.2) is 4.98 Å². The van der Waals surface area contributed by atoms with Crippen molar-refractivity contribution in [2.45, 2.75) is 40.7 Å². The van der Waals surface area contributed by atoms with Crippen LogP contribution in [0.25, 0.3) is 0 Å². The van der Waals surface area contributed by atoms with E-state index in [-0.39, 0.29) is 0 Å². The predicted octanol–water partition coefficient (Wildman–Crippen LogP) is 3.72. The Balaban J connectivity index is 2.68. The van der Waals surface area contributed by atoms with E-state index in [9.17, 15) is 0 Å². The van der Waals surface area contributed by atoms with Crippen LogP contribution in [0.1, 0.15) is 39.7 Å². The summed E-state index contributed by atoms with van der Waals surface area (Å²) in [5, 5.41) is 4.15. The lowest BCUT2D eigenvalue weighted by molar-refractivity contribution is 0.552. The first kappa shape index (κ1) is 16.3. The molecule has 1 rings (SSSR count). The first-order chi connectivity index (χ1) is 9.08. The van der Waals surface area contributed by atoms with Crippen LogP contribution in [0.3, 0.4) is 0 Å². The summed E-state index contributed by atoms with van der Waals surface area (Å²) in [5.74, 6) is 1.56. The summed E-state index contributed by atoms with van der Waals surface area (Å²) in [6, 6.07) is 2.02. The average Bonchev–Trinajstić information content (AvgIpc) is 2.36. The van der Waals surface area contributed by atoms with Gasteiger partial charge in [0.05, 0.1) is 5.02 Å². The van der Waals surface area contributed by atoms with Crippen molar-refractivity contribution in [2.24, 2.45) is 5.92 Å². The van der Waals surface area contributed by atoms with E-state index in [1.807, 2.05) is 12.3 Å². The molecule has 0 saturated carbocycles. The number of rotatable bonds is 8. The molecule has 1 aromatic heterocycles. The lowest BCUT2D eigenvalue weighted by atomic mass is 10.2. The van der Waals surface area contributed by atoms with Crippen molar-refractivity contribution in [1.82, 2.24) is 10.3 Å². The lowest BCUT2D eigenvalue weighted by Gasteiger charge is -2.22. The molecule has 0 aliphatic heterocycles. The van der Waals surface area contributed by atoms with Gasteiger partial charge in [0.2, 0.25) is 0 Å². The number of halogens is 1. The molecule has 0 saturated heterocycles. The molecule has 0 spiro atoms. The number of pyridine rings is 1. The van der Waals surface area contributed by atoms with Crippen LogP contribution in [0, 0.1) is 5.92 Å². The second-order valence-corrected chi connectivity index (χ2v) is 5.66. The Hall–Kier alpha value is -0.800. The number of hydrogen-bond acceptors (Lipinski definition) is 3. The summed E-state index contributed by atoms with van der Waals surface area (Å²) in [5.41, 5.74) is 1.14. The number of nitrogens with one attached hydrogen (secondary N) is 1. The molecule has 0 amide bonds. The maximum Gasteiger partial charge on any atom is 0.147 e. The molecule has 0 unspecified atom stereocenters. The van der Waals surface area contributed by atoms with Gasteiger partial charge >= 0.3 is 0 Å². The average molecular weight is 284 g/mol. The first-order valence-corrected chi connectivity index (χ1v) is 7.56. The fraction of sp³-hybridized carbons (Fsp3) is 0.667. The van der Waals surface area contributed by atoms with Crippen molar-refractivity contribution in [2.75, 3.05) is 24.5 Å². The fourth-order valence-corrected chi connectivity index (χ4v) is 2.30. The van der Waals surface area contributed by atoms with Gasteiger partial charge in [0.1, 0.15) is 5.82 Å². The Morgan fingerprint density at radius 2 is 2.11 bits per heavy atom. The predicted molar refractivity (Wildman–Crippen MR) is 84.0 cm³/mol. The number of aromatic nitrogens is 1. The largest absolute Gasteiger partial charge is 0.356 e. The zero-order valence-electron chi connectivity index (χ0n) is 12.5. The highest BCUT2D eigenvalue weighted by atomic mass is 35.5. The third-order valence-corrected chi connectivity index (χ3v) is 3.21. The van der Waals surface area contributed by atoms with Crippen LogP contribution in [-0.4, -0.2) is 24.6 Å². The second kappa shape index (κ2) is 8.39. The van der Waals surface area contributed by atoms with Gasteiger partial charge in [-0.2, -0.15) is 0 Å². The third-order valence-electron chi connectivity index (χ3n) is 2.93. The Kier molecular flexibility index (Phi) is 7.17. The zero-order valence-corrected chi connectivity index (χ0v) is 13.3. The van der Waals surface area contributed by atoms with Crippen LogP contribution in [0.5, 0.6) is 0 Å². The topological polar surface area (TPSA) is 28.2 Å². The molecule has 4 heteroatoms. The van der Waals surface area contributed by atoms with Gasteiger partial charge < -0.3 is 10.2 Å². The summed E-state index contributed by atoms with van der Waals surface area (Å²) in [7, 11) is 0. The van der Waals surface area contributed by atoms with E-state index in [4.69, 9.17) is 11.6 Å². The highest BCUT2D eigenvalue weighted by Gasteiger charge is 2.10. The van der Waals surface area contributed by atoms with Gasteiger partial charge in [0.25, 0.3) is 0 Å². The first-order valence-electron chi connectivity index (χ1n) is 7.18. The van der Waals surface area contributed by atoms with Crippen molar-refractivity contribution in [1.29, 1.82) is 0 Å². The maximum absolute atomic E-state index is 6.35. The fourth-order valence-electron chi connectivity index (χ4n) is 1.99. The lowest BCUT2D eigenvalue weighted by Crippen LogP contribution is -2.25. The molecule has 0 aliphatic rings. The van der Waals surface area contributed by atoms with Crippen molar-refractivity contribution < 1.29 is 0 Å². The van der Waals surface area contributed by atoms with Crippen LogP contribution in [-0.2, 0) is 6.54 Å². The standard InChI is InChI=1S/C15H26ClN3/c1-5-7-19(6-2)15-14(16)8-13(11-18-15)10-17-9-12(3)4/h8,11-12,17H,5-7,9-10H2,1-4H3. The molecule has 108 valence electrons. The third kappa shape index (κ3) is 5.37. The molecule has 1 N–H and O–H groups in total. The van der Waals surface area contributed by atoms with E-state index in [1.165, 1.54) is 0 Å². The van der Waals surface area contributed by atoms with Crippen LogP contribution in [0.15, 0.2) is 12.3 Å². The normalized spacial score (nSPS) is 11.1. The zero-order chi connectivity index (χ0) is 14.3. The maximum atomic E-state index is 6.35. The minimum atomic E-state index is 0.655. The van der Waals surface area contributed by atoms with E-state index >= 15 is 0 Å². The molecule has 0 fully saturated rings. The summed E-state index contributed by atoms with van der Waals surface area (Å²) in [6.07, 6.45) is 3.02. The minimum absolute atomic E-state index is 0.655. The Morgan fingerprint density at radius 1 is 1.37 bits per heavy atom. The summed E-state index contributed by atoms with van der Waals surface area (Å²) >= 11 is 6.35. The van der Waals surface area contributed by atoms with E-state index in [2.05, 4.69) is 42.9 Å². The highest BCUT2D eigenvalue weighted by Crippen LogP contribution is 2.24. The van der Waals surface area contributed by atoms with E-state index in [0.717, 1.165) is 49.0 Å². The molecule has 19 heavy (non-hydrogen) atoms. The van der Waals surface area contributed by atoms with Crippen LogP contribution < -0.4 is 10.2 Å². The Bertz CT molecular complexity index is 380. The minimum Gasteiger partial charge on any atom is -0.356 e. The molecular weight excluding hydrogens is 258 g/mol. The number of nitrogens with zero attached hydrogens (tertiary/aromatic N) is 2. The molecule has 1 aromatic rings. The van der Waals surface area contributed by atoms with Crippen LogP contribution >= 0.6 is 11.6 Å². The molecule has 0 aromatic carbocycles. The van der Waals surface area contributed by atoms with Gasteiger partial charge in [-0.05, 0) is 37.4 Å². The molecule has 0 bridgehead atoms. The van der Waals surface area contributed by atoms with E-state index in [0.29, 0.717) is 5.92 Å². The second-order valence-electron chi connectivity index (χ2n) is 5.25. The quantitative estimate of drug-likeness (QED) is 0.788. The molecule has 0 aliphatic carbocycles. The van der Waals surface area contributed by atoms with Crippen molar-refractivity contribution >= 4 is 17.4 Å². The van der Waals surface area contributed by atoms with Gasteiger partial charge in [0, 0.05) is 25.8 Å². The van der Waals surface area contributed by atoms with Crippen molar-refractivity contribution in [3.05, 3.63) is 22.8 Å². The SMILES string of the molecule is CCCN(CC)c1ncc(CNCC(C)C)cc1Cl. The van der Waals surface area contributed by atoms with Gasteiger partial charge in [-0.1, -0.05) is 32.4 Å². The smallest absolute Gasteiger partial charge is 0.147 e. The molecule has 1 heterocycles. The summed E-state index contributed by atoms with van der Waals surface area (Å²) in [4.78, 5) is 6.74. The van der Waals surface area contributed by atoms with Gasteiger partial charge in [-0.15, -0.1) is 0 Å². The Morgan fingerprint density at radius 3 is 2.63 bits per heavy atom. The van der Waals surface area contributed by atoms with E-state index < -0.39 is 0 Å². The monoisotopic (exact) mass is 283 g/mol. The summed E-state index contributed by atoms with van der Waals surface area (Å²) < 4.78 is 0. The van der Waals surface area contributed by atoms with Crippen LogP contribution in [0.4, 0.5) is 5.82 Å². The number of anilines is 1. The molecule has 0 atom stereocenters. The van der Waals surface area contributed by atoms with Crippen molar-refractivity contribution in [3.8, 4) is 0 Å². The molecule has 0 radical (unpaired) electrons. The van der Waals surface area contributed by atoms with Gasteiger partial charge in [-0.3, -0.25) is 0 Å². The number of hydrogen-bond donors (Lipinski definition) is 1. The van der Waals surface area contributed by atoms with Crippen molar-refractivity contribution in [3.63, 3.8) is 0 Å².